The SMILES string of the molecule is COc1ccc(Oc2cccc(C#N)c2)cn1. The van der Waals surface area contributed by atoms with E-state index in [0.29, 0.717) is 22.9 Å². The molecule has 0 saturated carbocycles. The summed E-state index contributed by atoms with van der Waals surface area (Å²) in [5.41, 5.74) is 0.559. The zero-order valence-corrected chi connectivity index (χ0v) is 9.25. The highest BCUT2D eigenvalue weighted by Gasteiger charge is 2.00. The van der Waals surface area contributed by atoms with Gasteiger partial charge in [-0.3, -0.25) is 0 Å². The average molecular weight is 226 g/mol. The number of hydrogen-bond acceptors (Lipinski definition) is 4. The quantitative estimate of drug-likeness (QED) is 0.807. The Morgan fingerprint density at radius 1 is 1.18 bits per heavy atom. The van der Waals surface area contributed by atoms with Crippen molar-refractivity contribution in [2.45, 2.75) is 0 Å². The van der Waals surface area contributed by atoms with E-state index in [9.17, 15) is 0 Å². The highest BCUT2D eigenvalue weighted by molar-refractivity contribution is 5.38. The third-order valence-corrected chi connectivity index (χ3v) is 2.12. The normalized spacial score (nSPS) is 9.41. The summed E-state index contributed by atoms with van der Waals surface area (Å²) in [7, 11) is 1.55. The van der Waals surface area contributed by atoms with Crippen LogP contribution in [0.1, 0.15) is 5.56 Å². The molecule has 0 aliphatic rings. The van der Waals surface area contributed by atoms with E-state index < -0.39 is 0 Å². The van der Waals surface area contributed by atoms with Crippen molar-refractivity contribution < 1.29 is 9.47 Å². The Hall–Kier alpha value is -2.54. The molecule has 1 aromatic heterocycles. The molecule has 0 saturated heterocycles. The maximum atomic E-state index is 8.76. The number of nitrogens with zero attached hydrogens (tertiary/aromatic N) is 2. The fraction of sp³-hybridized carbons (Fsp3) is 0.0769. The fourth-order valence-corrected chi connectivity index (χ4v) is 1.31. The van der Waals surface area contributed by atoms with Crippen LogP contribution in [0.15, 0.2) is 42.6 Å². The molecule has 0 amide bonds. The number of rotatable bonds is 3. The van der Waals surface area contributed by atoms with Gasteiger partial charge in [-0.05, 0) is 24.3 Å². The molecule has 2 aromatic rings. The minimum atomic E-state index is 0.531. The predicted octanol–water partition coefficient (Wildman–Crippen LogP) is 2.75. The second-order valence-electron chi connectivity index (χ2n) is 3.28. The number of ether oxygens (including phenoxy) is 2. The van der Waals surface area contributed by atoms with Crippen LogP contribution in [0.25, 0.3) is 0 Å². The Labute approximate surface area is 99.1 Å². The number of nitriles is 1. The van der Waals surface area contributed by atoms with E-state index in [1.165, 1.54) is 0 Å². The standard InChI is InChI=1S/C13H10N2O2/c1-16-13-6-5-12(9-15-13)17-11-4-2-3-10(7-11)8-14/h2-7,9H,1H3. The van der Waals surface area contributed by atoms with Crippen molar-refractivity contribution in [3.63, 3.8) is 0 Å². The molecule has 84 valence electrons. The summed E-state index contributed by atoms with van der Waals surface area (Å²) in [6.07, 6.45) is 1.57. The summed E-state index contributed by atoms with van der Waals surface area (Å²) in [6.45, 7) is 0. The van der Waals surface area contributed by atoms with Crippen molar-refractivity contribution in [3.8, 4) is 23.4 Å². The second kappa shape index (κ2) is 4.99. The van der Waals surface area contributed by atoms with Gasteiger partial charge in [-0.1, -0.05) is 6.07 Å². The summed E-state index contributed by atoms with van der Waals surface area (Å²) >= 11 is 0. The minimum absolute atomic E-state index is 0.531. The van der Waals surface area contributed by atoms with Gasteiger partial charge in [-0.2, -0.15) is 5.26 Å². The topological polar surface area (TPSA) is 55.1 Å². The molecule has 17 heavy (non-hydrogen) atoms. The summed E-state index contributed by atoms with van der Waals surface area (Å²) in [5, 5.41) is 8.76. The highest BCUT2D eigenvalue weighted by atomic mass is 16.5. The maximum absolute atomic E-state index is 8.76. The lowest BCUT2D eigenvalue weighted by atomic mass is 10.2. The van der Waals surface area contributed by atoms with E-state index in [2.05, 4.69) is 11.1 Å². The largest absolute Gasteiger partial charge is 0.481 e. The predicted molar refractivity (Wildman–Crippen MR) is 62.0 cm³/mol. The molecule has 4 nitrogen and oxygen atoms in total. The first-order valence-corrected chi connectivity index (χ1v) is 5.00. The van der Waals surface area contributed by atoms with Crippen LogP contribution in [0, 0.1) is 11.3 Å². The second-order valence-corrected chi connectivity index (χ2v) is 3.28. The van der Waals surface area contributed by atoms with E-state index in [0.717, 1.165) is 0 Å². The van der Waals surface area contributed by atoms with Gasteiger partial charge in [0.05, 0.1) is 24.9 Å². The molecule has 4 heteroatoms. The van der Waals surface area contributed by atoms with Crippen LogP contribution in [-0.2, 0) is 0 Å². The molecule has 0 atom stereocenters. The molecule has 2 rings (SSSR count). The number of methoxy groups -OCH3 is 1. The summed E-state index contributed by atoms with van der Waals surface area (Å²) in [6, 6.07) is 12.5. The molecule has 0 spiro atoms. The Morgan fingerprint density at radius 2 is 2.06 bits per heavy atom. The smallest absolute Gasteiger partial charge is 0.213 e. The van der Waals surface area contributed by atoms with Crippen LogP contribution in [0.2, 0.25) is 0 Å². The molecule has 0 bridgehead atoms. The van der Waals surface area contributed by atoms with Crippen LogP contribution in [-0.4, -0.2) is 12.1 Å². The number of hydrogen-bond donors (Lipinski definition) is 0. The van der Waals surface area contributed by atoms with Gasteiger partial charge < -0.3 is 9.47 Å². The lowest BCUT2D eigenvalue weighted by molar-refractivity contribution is 0.395. The van der Waals surface area contributed by atoms with Crippen LogP contribution in [0.5, 0.6) is 17.4 Å². The zero-order chi connectivity index (χ0) is 12.1. The Bertz CT molecular complexity index is 544. The molecule has 0 aliphatic heterocycles. The molecule has 0 fully saturated rings. The number of benzene rings is 1. The molecular formula is C13H10N2O2. The first-order valence-electron chi connectivity index (χ1n) is 5.00. The van der Waals surface area contributed by atoms with Crippen molar-refractivity contribution in [1.82, 2.24) is 4.98 Å². The summed E-state index contributed by atoms with van der Waals surface area (Å²) in [5.74, 6) is 1.74. The Balaban J connectivity index is 2.16. The van der Waals surface area contributed by atoms with Crippen molar-refractivity contribution >= 4 is 0 Å². The lowest BCUT2D eigenvalue weighted by Gasteiger charge is -2.05. The van der Waals surface area contributed by atoms with Crippen LogP contribution in [0.3, 0.4) is 0 Å². The number of pyridine rings is 1. The zero-order valence-electron chi connectivity index (χ0n) is 9.25. The third kappa shape index (κ3) is 2.73. The van der Waals surface area contributed by atoms with Crippen molar-refractivity contribution in [3.05, 3.63) is 48.2 Å². The van der Waals surface area contributed by atoms with Crippen molar-refractivity contribution in [2.75, 3.05) is 7.11 Å². The van der Waals surface area contributed by atoms with Crippen LogP contribution in [0.4, 0.5) is 0 Å². The first-order chi connectivity index (χ1) is 8.31. The molecule has 0 N–H and O–H groups in total. The minimum Gasteiger partial charge on any atom is -0.481 e. The average Bonchev–Trinajstić information content (AvgIpc) is 2.40. The summed E-state index contributed by atoms with van der Waals surface area (Å²) in [4.78, 5) is 4.02. The van der Waals surface area contributed by atoms with E-state index in [-0.39, 0.29) is 0 Å². The highest BCUT2D eigenvalue weighted by Crippen LogP contribution is 2.22. The van der Waals surface area contributed by atoms with Gasteiger partial charge in [0.25, 0.3) is 0 Å². The van der Waals surface area contributed by atoms with Gasteiger partial charge in [0.2, 0.25) is 5.88 Å². The van der Waals surface area contributed by atoms with Crippen LogP contribution >= 0.6 is 0 Å². The van der Waals surface area contributed by atoms with E-state index in [4.69, 9.17) is 14.7 Å². The lowest BCUT2D eigenvalue weighted by Crippen LogP contribution is -1.89. The Morgan fingerprint density at radius 3 is 2.71 bits per heavy atom. The van der Waals surface area contributed by atoms with Gasteiger partial charge >= 0.3 is 0 Å². The van der Waals surface area contributed by atoms with Crippen molar-refractivity contribution in [1.29, 1.82) is 5.26 Å². The first kappa shape index (κ1) is 11.0. The molecule has 1 heterocycles. The van der Waals surface area contributed by atoms with Gasteiger partial charge in [-0.15, -0.1) is 0 Å². The van der Waals surface area contributed by atoms with Crippen LogP contribution < -0.4 is 9.47 Å². The molecular weight excluding hydrogens is 216 g/mol. The molecule has 0 radical (unpaired) electrons. The number of aromatic nitrogens is 1. The Kier molecular flexibility index (Phi) is 3.22. The van der Waals surface area contributed by atoms with E-state index in [1.807, 2.05) is 0 Å². The van der Waals surface area contributed by atoms with Gasteiger partial charge in [0, 0.05) is 6.07 Å². The summed E-state index contributed by atoms with van der Waals surface area (Å²) < 4.78 is 10.5. The van der Waals surface area contributed by atoms with Gasteiger partial charge in [-0.25, -0.2) is 4.98 Å². The van der Waals surface area contributed by atoms with E-state index in [1.54, 1.807) is 49.7 Å². The van der Waals surface area contributed by atoms with Gasteiger partial charge in [0.15, 0.2) is 0 Å². The molecule has 0 unspecified atom stereocenters. The van der Waals surface area contributed by atoms with E-state index >= 15 is 0 Å². The monoisotopic (exact) mass is 226 g/mol. The molecule has 1 aromatic carbocycles. The van der Waals surface area contributed by atoms with Crippen molar-refractivity contribution in [2.24, 2.45) is 0 Å². The maximum Gasteiger partial charge on any atom is 0.213 e. The molecule has 0 aliphatic carbocycles. The fourth-order valence-electron chi connectivity index (χ4n) is 1.31. The van der Waals surface area contributed by atoms with Gasteiger partial charge in [0.1, 0.15) is 11.5 Å². The third-order valence-electron chi connectivity index (χ3n) is 2.12.